The molecule has 0 amide bonds. The van der Waals surface area contributed by atoms with Gasteiger partial charge in [0.2, 0.25) is 0 Å². The highest BCUT2D eigenvalue weighted by atomic mass is 31.2. The molecular formula is C12H25O10P. The second-order valence-corrected chi connectivity index (χ2v) is 6.23. The van der Waals surface area contributed by atoms with Crippen molar-refractivity contribution in [3.05, 3.63) is 0 Å². The number of phosphoric ester groups is 1. The van der Waals surface area contributed by atoms with Crippen molar-refractivity contribution in [2.45, 2.75) is 57.0 Å². The van der Waals surface area contributed by atoms with Gasteiger partial charge in [-0.25, -0.2) is 9.36 Å². The monoisotopic (exact) mass is 360 g/mol. The molecule has 0 aliphatic rings. The molecule has 138 valence electrons. The van der Waals surface area contributed by atoms with E-state index in [-0.39, 0.29) is 19.4 Å². The van der Waals surface area contributed by atoms with Crippen LogP contribution in [0.2, 0.25) is 0 Å². The number of phosphoric acid groups is 1. The summed E-state index contributed by atoms with van der Waals surface area (Å²) in [6.07, 6.45) is -4.55. The first-order valence-corrected chi connectivity index (χ1v) is 8.60. The van der Waals surface area contributed by atoms with Crippen molar-refractivity contribution in [1.29, 1.82) is 0 Å². The third-order valence-corrected chi connectivity index (χ3v) is 4.23. The molecule has 0 fully saturated rings. The van der Waals surface area contributed by atoms with Gasteiger partial charge in [-0.1, -0.05) is 13.8 Å². The van der Waals surface area contributed by atoms with E-state index in [0.717, 1.165) is 0 Å². The van der Waals surface area contributed by atoms with E-state index in [1.807, 2.05) is 0 Å². The lowest BCUT2D eigenvalue weighted by atomic mass is 9.73. The van der Waals surface area contributed by atoms with E-state index >= 15 is 0 Å². The number of carboxylic acid groups (broad SMARTS) is 1. The van der Waals surface area contributed by atoms with Crippen LogP contribution in [-0.4, -0.2) is 72.8 Å². The van der Waals surface area contributed by atoms with Gasteiger partial charge in [0.05, 0.1) is 6.61 Å². The van der Waals surface area contributed by atoms with E-state index < -0.39 is 43.8 Å². The van der Waals surface area contributed by atoms with E-state index in [0.29, 0.717) is 0 Å². The summed E-state index contributed by atoms with van der Waals surface area (Å²) in [5.41, 5.74) is -4.62. The Labute approximate surface area is 133 Å². The van der Waals surface area contributed by atoms with Gasteiger partial charge in [0, 0.05) is 6.61 Å². The number of aliphatic hydroxyl groups excluding tert-OH is 2. The SMILES string of the molecule is CCO[C@@](CC)(C(=O)O)C(O)(CC)C(O)C(O)COP(=O)(O)O. The van der Waals surface area contributed by atoms with Gasteiger partial charge in [0.25, 0.3) is 0 Å². The number of ether oxygens (including phenoxy) is 1. The normalized spacial score (nSPS) is 20.3. The molecule has 6 N–H and O–H groups in total. The molecule has 0 spiro atoms. The molecular weight excluding hydrogens is 335 g/mol. The molecule has 0 rings (SSSR count). The fraction of sp³-hybridized carbons (Fsp3) is 0.917. The Morgan fingerprint density at radius 1 is 1.17 bits per heavy atom. The molecule has 0 saturated carbocycles. The minimum absolute atomic E-state index is 0.0791. The van der Waals surface area contributed by atoms with Crippen LogP contribution in [0.5, 0.6) is 0 Å². The van der Waals surface area contributed by atoms with Crippen LogP contribution in [0.1, 0.15) is 33.6 Å². The van der Waals surface area contributed by atoms with E-state index in [4.69, 9.17) is 14.5 Å². The molecule has 0 heterocycles. The first kappa shape index (κ1) is 22.4. The maximum atomic E-state index is 11.7. The van der Waals surface area contributed by atoms with Gasteiger partial charge in [-0.15, -0.1) is 0 Å². The van der Waals surface area contributed by atoms with Crippen molar-refractivity contribution >= 4 is 13.8 Å². The number of aliphatic carboxylic acids is 1. The number of aliphatic hydroxyl groups is 3. The highest BCUT2D eigenvalue weighted by Gasteiger charge is 2.60. The van der Waals surface area contributed by atoms with Gasteiger partial charge in [-0.05, 0) is 19.8 Å². The van der Waals surface area contributed by atoms with Gasteiger partial charge in [-0.2, -0.15) is 0 Å². The smallest absolute Gasteiger partial charge is 0.469 e. The summed E-state index contributed by atoms with van der Waals surface area (Å²) in [7, 11) is -4.90. The Kier molecular flexibility index (Phi) is 8.28. The molecule has 0 aliphatic carbocycles. The van der Waals surface area contributed by atoms with Gasteiger partial charge < -0.3 is 34.9 Å². The molecule has 0 radical (unpaired) electrons. The predicted octanol–water partition coefficient (Wildman–Crippen LogP) is -0.772. The van der Waals surface area contributed by atoms with Crippen molar-refractivity contribution < 1.29 is 48.8 Å². The zero-order valence-corrected chi connectivity index (χ0v) is 14.1. The second-order valence-electron chi connectivity index (χ2n) is 5.00. The molecule has 0 aromatic heterocycles. The Bertz CT molecular complexity index is 438. The molecule has 11 heteroatoms. The first-order chi connectivity index (χ1) is 10.4. The van der Waals surface area contributed by atoms with E-state index in [2.05, 4.69) is 4.52 Å². The van der Waals surface area contributed by atoms with Crippen LogP contribution < -0.4 is 0 Å². The lowest BCUT2D eigenvalue weighted by Gasteiger charge is -2.46. The highest BCUT2D eigenvalue weighted by Crippen LogP contribution is 2.39. The lowest BCUT2D eigenvalue weighted by Crippen LogP contribution is -2.68. The van der Waals surface area contributed by atoms with Crippen molar-refractivity contribution in [3.63, 3.8) is 0 Å². The largest absolute Gasteiger partial charge is 0.479 e. The Morgan fingerprint density at radius 3 is 2.00 bits per heavy atom. The summed E-state index contributed by atoms with van der Waals surface area (Å²) >= 11 is 0. The van der Waals surface area contributed by atoms with E-state index in [1.165, 1.54) is 20.8 Å². The summed E-state index contributed by atoms with van der Waals surface area (Å²) < 4.78 is 19.9. The predicted molar refractivity (Wildman–Crippen MR) is 77.5 cm³/mol. The lowest BCUT2D eigenvalue weighted by molar-refractivity contribution is -0.248. The zero-order valence-electron chi connectivity index (χ0n) is 13.2. The number of carbonyl (C=O) groups is 1. The number of rotatable bonds is 11. The van der Waals surface area contributed by atoms with Gasteiger partial charge >= 0.3 is 13.8 Å². The van der Waals surface area contributed by atoms with Gasteiger partial charge in [-0.3, -0.25) is 4.52 Å². The van der Waals surface area contributed by atoms with Crippen LogP contribution in [0.3, 0.4) is 0 Å². The van der Waals surface area contributed by atoms with Crippen LogP contribution in [-0.2, 0) is 18.6 Å². The van der Waals surface area contributed by atoms with E-state index in [9.17, 15) is 29.8 Å². The van der Waals surface area contributed by atoms with Crippen LogP contribution >= 0.6 is 7.82 Å². The maximum absolute atomic E-state index is 11.7. The van der Waals surface area contributed by atoms with Crippen molar-refractivity contribution in [2.75, 3.05) is 13.2 Å². The minimum Gasteiger partial charge on any atom is -0.479 e. The minimum atomic E-state index is -4.90. The van der Waals surface area contributed by atoms with E-state index in [1.54, 1.807) is 0 Å². The summed E-state index contributed by atoms with van der Waals surface area (Å²) in [4.78, 5) is 28.9. The Morgan fingerprint density at radius 2 is 1.70 bits per heavy atom. The average Bonchev–Trinajstić information content (AvgIpc) is 2.47. The topological polar surface area (TPSA) is 174 Å². The highest BCUT2D eigenvalue weighted by molar-refractivity contribution is 7.46. The van der Waals surface area contributed by atoms with Crippen LogP contribution in [0, 0.1) is 0 Å². The van der Waals surface area contributed by atoms with Crippen molar-refractivity contribution in [2.24, 2.45) is 0 Å². The summed E-state index contributed by atoms with van der Waals surface area (Å²) in [5.74, 6) is -1.53. The van der Waals surface area contributed by atoms with Crippen LogP contribution in [0.25, 0.3) is 0 Å². The fourth-order valence-corrected chi connectivity index (χ4v) is 2.84. The standard InChI is InChI=1S/C12H25O10P/c1-4-11(17,12(5-2,10(15)16)21-6-3)9(14)8(13)7-22-23(18,19)20/h8-9,13-14,17H,4-7H2,1-3H3,(H,15,16)(H2,18,19,20)/t8?,9?,11?,12-/m0/s1. The summed E-state index contributed by atoms with van der Waals surface area (Å²) in [5, 5.41) is 40.2. The molecule has 0 aromatic carbocycles. The molecule has 23 heavy (non-hydrogen) atoms. The third-order valence-electron chi connectivity index (χ3n) is 3.74. The van der Waals surface area contributed by atoms with Crippen LogP contribution in [0.4, 0.5) is 0 Å². The molecule has 0 aromatic rings. The van der Waals surface area contributed by atoms with Gasteiger partial charge in [0.1, 0.15) is 17.8 Å². The zero-order chi connectivity index (χ0) is 18.5. The quantitative estimate of drug-likeness (QED) is 0.257. The number of hydrogen-bond donors (Lipinski definition) is 6. The van der Waals surface area contributed by atoms with Crippen molar-refractivity contribution in [3.8, 4) is 0 Å². The molecule has 4 atom stereocenters. The summed E-state index contributed by atoms with van der Waals surface area (Å²) in [6.45, 7) is 3.23. The summed E-state index contributed by atoms with van der Waals surface area (Å²) in [6, 6.07) is 0. The molecule has 3 unspecified atom stereocenters. The van der Waals surface area contributed by atoms with Gasteiger partial charge in [0.15, 0.2) is 5.60 Å². The first-order valence-electron chi connectivity index (χ1n) is 7.07. The average molecular weight is 360 g/mol. The fourth-order valence-electron chi connectivity index (χ4n) is 2.49. The molecule has 0 bridgehead atoms. The van der Waals surface area contributed by atoms with Crippen LogP contribution in [0.15, 0.2) is 0 Å². The number of carboxylic acids is 1. The third kappa shape index (κ3) is 4.94. The Balaban J connectivity index is 5.61. The molecule has 0 saturated heterocycles. The maximum Gasteiger partial charge on any atom is 0.469 e. The number of hydrogen-bond acceptors (Lipinski definition) is 7. The van der Waals surface area contributed by atoms with Crippen molar-refractivity contribution in [1.82, 2.24) is 0 Å². The second kappa shape index (κ2) is 8.50. The molecule has 10 nitrogen and oxygen atoms in total. The Hall–Kier alpha value is -0.580. The molecule has 0 aliphatic heterocycles.